The van der Waals surface area contributed by atoms with Gasteiger partial charge in [0.15, 0.2) is 6.29 Å². The topological polar surface area (TPSA) is 38.7 Å². The van der Waals surface area contributed by atoms with Crippen molar-refractivity contribution in [3.8, 4) is 0 Å². The van der Waals surface area contributed by atoms with Crippen LogP contribution in [0.2, 0.25) is 0 Å². The summed E-state index contributed by atoms with van der Waals surface area (Å²) in [6.45, 7) is 0.506. The Morgan fingerprint density at radius 3 is 2.83 bits per heavy atom. The molecule has 0 aromatic rings. The van der Waals surface area contributed by atoms with E-state index in [-0.39, 0.29) is 24.0 Å². The molecule has 0 amide bonds. The summed E-state index contributed by atoms with van der Waals surface area (Å²) in [5, 5.41) is 8.64. The number of alkyl halides is 2. The van der Waals surface area contributed by atoms with E-state index in [0.717, 1.165) is 6.42 Å². The number of halogens is 2. The third-order valence-corrected chi connectivity index (χ3v) is 2.44. The van der Waals surface area contributed by atoms with Crippen molar-refractivity contribution in [3.63, 3.8) is 0 Å². The van der Waals surface area contributed by atoms with Gasteiger partial charge in [-0.25, -0.2) is 0 Å². The van der Waals surface area contributed by atoms with Gasteiger partial charge < -0.3 is 14.6 Å². The van der Waals surface area contributed by atoms with Crippen LogP contribution in [0, 0.1) is 0 Å². The van der Waals surface area contributed by atoms with Gasteiger partial charge in [0.25, 0.3) is 0 Å². The highest BCUT2D eigenvalue weighted by atomic mass is 35.5. The molecule has 1 aliphatic heterocycles. The Hall–Kier alpha value is 0.460. The van der Waals surface area contributed by atoms with Crippen molar-refractivity contribution in [2.45, 2.75) is 24.2 Å². The standard InChI is InChI=1S/C7H12Cl2O3/c8-3-5(4-10)12-7-6(9)1-2-11-7/h5-7,10H,1-4H2. The van der Waals surface area contributed by atoms with Crippen LogP contribution in [-0.4, -0.2) is 42.0 Å². The summed E-state index contributed by atoms with van der Waals surface area (Å²) < 4.78 is 10.5. The lowest BCUT2D eigenvalue weighted by Gasteiger charge is -2.19. The third kappa shape index (κ3) is 2.75. The average molecular weight is 215 g/mol. The van der Waals surface area contributed by atoms with Crippen molar-refractivity contribution in [2.75, 3.05) is 19.1 Å². The number of aliphatic hydroxyl groups excluding tert-OH is 1. The van der Waals surface area contributed by atoms with Gasteiger partial charge in [-0.1, -0.05) is 0 Å². The smallest absolute Gasteiger partial charge is 0.174 e. The summed E-state index contributed by atoms with van der Waals surface area (Å²) in [6, 6.07) is 0. The molecule has 3 atom stereocenters. The van der Waals surface area contributed by atoms with Crippen molar-refractivity contribution in [3.05, 3.63) is 0 Å². The van der Waals surface area contributed by atoms with Crippen LogP contribution < -0.4 is 0 Å². The number of hydrogen-bond acceptors (Lipinski definition) is 3. The largest absolute Gasteiger partial charge is 0.394 e. The van der Waals surface area contributed by atoms with E-state index in [4.69, 9.17) is 37.8 Å². The molecule has 0 aromatic carbocycles. The van der Waals surface area contributed by atoms with E-state index >= 15 is 0 Å². The normalized spacial score (nSPS) is 32.2. The Bertz CT molecular complexity index is 130. The maximum Gasteiger partial charge on any atom is 0.174 e. The molecular formula is C7H12Cl2O3. The zero-order chi connectivity index (χ0) is 8.97. The Balaban J connectivity index is 2.28. The van der Waals surface area contributed by atoms with Crippen molar-refractivity contribution >= 4 is 23.2 Å². The molecule has 1 aliphatic rings. The highest BCUT2D eigenvalue weighted by Gasteiger charge is 2.29. The SMILES string of the molecule is OCC(CCl)OC1OCCC1Cl. The summed E-state index contributed by atoms with van der Waals surface area (Å²) >= 11 is 11.4. The predicted molar refractivity (Wildman–Crippen MR) is 46.7 cm³/mol. The molecule has 0 radical (unpaired) electrons. The number of ether oxygens (including phenoxy) is 2. The monoisotopic (exact) mass is 214 g/mol. The van der Waals surface area contributed by atoms with Gasteiger partial charge in [0.05, 0.1) is 30.6 Å². The molecule has 1 fully saturated rings. The van der Waals surface area contributed by atoms with E-state index in [1.165, 1.54) is 0 Å². The summed E-state index contributed by atoms with van der Waals surface area (Å²) in [4.78, 5) is 0. The summed E-state index contributed by atoms with van der Waals surface area (Å²) in [6.07, 6.45) is -0.00860. The fraction of sp³-hybridized carbons (Fsp3) is 1.00. The number of hydrogen-bond donors (Lipinski definition) is 1. The Kier molecular flexibility index (Phi) is 4.61. The van der Waals surface area contributed by atoms with Crippen LogP contribution in [0.4, 0.5) is 0 Å². The molecule has 1 rings (SSSR count). The second kappa shape index (κ2) is 5.25. The first kappa shape index (κ1) is 10.5. The van der Waals surface area contributed by atoms with Crippen LogP contribution >= 0.6 is 23.2 Å². The highest BCUT2D eigenvalue weighted by molar-refractivity contribution is 6.21. The van der Waals surface area contributed by atoms with Crippen molar-refractivity contribution in [2.24, 2.45) is 0 Å². The van der Waals surface area contributed by atoms with Crippen LogP contribution in [-0.2, 0) is 9.47 Å². The molecule has 0 bridgehead atoms. The van der Waals surface area contributed by atoms with Crippen LogP contribution in [0.5, 0.6) is 0 Å². The summed E-state index contributed by atoms with van der Waals surface area (Å²) in [7, 11) is 0. The van der Waals surface area contributed by atoms with E-state index in [1.807, 2.05) is 0 Å². The van der Waals surface area contributed by atoms with Crippen molar-refractivity contribution in [1.29, 1.82) is 0 Å². The third-order valence-electron chi connectivity index (χ3n) is 1.67. The maximum absolute atomic E-state index is 8.76. The number of rotatable bonds is 4. The minimum Gasteiger partial charge on any atom is -0.394 e. The summed E-state index contributed by atoms with van der Waals surface area (Å²) in [5.41, 5.74) is 0. The van der Waals surface area contributed by atoms with Crippen LogP contribution in [0.3, 0.4) is 0 Å². The van der Waals surface area contributed by atoms with Crippen LogP contribution in [0.15, 0.2) is 0 Å². The number of aliphatic hydroxyl groups is 1. The van der Waals surface area contributed by atoms with Crippen LogP contribution in [0.1, 0.15) is 6.42 Å². The highest BCUT2D eigenvalue weighted by Crippen LogP contribution is 2.21. The molecule has 1 heterocycles. The zero-order valence-electron chi connectivity index (χ0n) is 6.58. The van der Waals surface area contributed by atoms with Gasteiger partial charge in [-0.3, -0.25) is 0 Å². The van der Waals surface area contributed by atoms with Crippen LogP contribution in [0.25, 0.3) is 0 Å². The molecule has 0 aliphatic carbocycles. The molecule has 72 valence electrons. The molecule has 5 heteroatoms. The van der Waals surface area contributed by atoms with E-state index in [2.05, 4.69) is 0 Å². The van der Waals surface area contributed by atoms with Gasteiger partial charge in [-0.05, 0) is 6.42 Å². The molecule has 1 N–H and O–H groups in total. The lowest BCUT2D eigenvalue weighted by atomic mass is 10.3. The molecule has 0 spiro atoms. The molecular weight excluding hydrogens is 203 g/mol. The van der Waals surface area contributed by atoms with Gasteiger partial charge in [0.1, 0.15) is 0 Å². The fourth-order valence-electron chi connectivity index (χ4n) is 0.980. The first-order valence-corrected chi connectivity index (χ1v) is 4.83. The van der Waals surface area contributed by atoms with Gasteiger partial charge in [-0.2, -0.15) is 0 Å². The lowest BCUT2D eigenvalue weighted by molar-refractivity contribution is -0.145. The van der Waals surface area contributed by atoms with Crippen molar-refractivity contribution < 1.29 is 14.6 Å². The first-order valence-electron chi connectivity index (χ1n) is 3.86. The minimum atomic E-state index is -0.414. The quantitative estimate of drug-likeness (QED) is 0.709. The summed E-state index contributed by atoms with van der Waals surface area (Å²) in [5.74, 6) is 0.250. The fourth-order valence-corrected chi connectivity index (χ4v) is 1.37. The van der Waals surface area contributed by atoms with Crippen molar-refractivity contribution in [1.82, 2.24) is 0 Å². The predicted octanol–water partition coefficient (Wildman–Crippen LogP) is 0.956. The van der Waals surface area contributed by atoms with Gasteiger partial charge in [-0.15, -0.1) is 23.2 Å². The second-order valence-corrected chi connectivity index (χ2v) is 3.51. The van der Waals surface area contributed by atoms with E-state index in [1.54, 1.807) is 0 Å². The first-order chi connectivity index (χ1) is 5.77. The molecule has 3 nitrogen and oxygen atoms in total. The Morgan fingerprint density at radius 1 is 1.67 bits per heavy atom. The Morgan fingerprint density at radius 2 is 2.42 bits per heavy atom. The molecule has 0 aromatic heterocycles. The maximum atomic E-state index is 8.76. The minimum absolute atomic E-state index is 0.104. The molecule has 1 saturated heterocycles. The Labute approximate surface area is 81.6 Å². The second-order valence-electron chi connectivity index (χ2n) is 2.64. The lowest BCUT2D eigenvalue weighted by Crippen LogP contribution is -2.30. The average Bonchev–Trinajstić information content (AvgIpc) is 2.47. The van der Waals surface area contributed by atoms with Gasteiger partial charge in [0, 0.05) is 0 Å². The molecule has 3 unspecified atom stereocenters. The molecule has 12 heavy (non-hydrogen) atoms. The molecule has 0 saturated carbocycles. The van der Waals surface area contributed by atoms with Gasteiger partial charge >= 0.3 is 0 Å². The van der Waals surface area contributed by atoms with E-state index in [9.17, 15) is 0 Å². The van der Waals surface area contributed by atoms with E-state index < -0.39 is 6.29 Å². The zero-order valence-corrected chi connectivity index (χ0v) is 8.09. The van der Waals surface area contributed by atoms with Gasteiger partial charge in [0.2, 0.25) is 0 Å². The van der Waals surface area contributed by atoms with E-state index in [0.29, 0.717) is 6.61 Å².